The Hall–Kier alpha value is -2.44. The van der Waals surface area contributed by atoms with Gasteiger partial charge in [-0.1, -0.05) is 19.3 Å². The highest BCUT2D eigenvalue weighted by Gasteiger charge is 2.22. The van der Waals surface area contributed by atoms with E-state index in [1.54, 1.807) is 13.2 Å². The van der Waals surface area contributed by atoms with E-state index in [1.807, 2.05) is 12.1 Å². The topological polar surface area (TPSA) is 81.9 Å². The maximum absolute atomic E-state index is 12.3. The number of methoxy groups -OCH3 is 1. The zero-order valence-corrected chi connectivity index (χ0v) is 12.5. The first-order valence-corrected chi connectivity index (χ1v) is 7.50. The average molecular weight is 301 g/mol. The fraction of sp³-hybridized carbons (Fsp3) is 0.467. The number of aromatic nitrogens is 4. The van der Waals surface area contributed by atoms with Crippen LogP contribution in [0.3, 0.4) is 0 Å². The molecule has 1 aromatic carbocycles. The Morgan fingerprint density at radius 2 is 2.14 bits per heavy atom. The molecule has 1 fully saturated rings. The minimum Gasteiger partial charge on any atom is -0.494 e. The van der Waals surface area contributed by atoms with Crippen LogP contribution in [0, 0.1) is 5.92 Å². The van der Waals surface area contributed by atoms with Gasteiger partial charge in [-0.05, 0) is 35.4 Å². The normalized spacial score (nSPS) is 15.5. The van der Waals surface area contributed by atoms with Crippen LogP contribution >= 0.6 is 0 Å². The van der Waals surface area contributed by atoms with Gasteiger partial charge in [-0.15, -0.1) is 5.10 Å². The van der Waals surface area contributed by atoms with Crippen molar-refractivity contribution in [2.24, 2.45) is 5.92 Å². The molecule has 0 unspecified atom stereocenters. The molecule has 7 nitrogen and oxygen atoms in total. The fourth-order valence-corrected chi connectivity index (χ4v) is 2.80. The van der Waals surface area contributed by atoms with Gasteiger partial charge < -0.3 is 10.1 Å². The monoisotopic (exact) mass is 301 g/mol. The van der Waals surface area contributed by atoms with Crippen LogP contribution in [0.25, 0.3) is 5.69 Å². The number of carbonyl (C=O) groups excluding carboxylic acids is 1. The van der Waals surface area contributed by atoms with Crippen LogP contribution in [0.2, 0.25) is 0 Å². The fourth-order valence-electron chi connectivity index (χ4n) is 2.80. The first kappa shape index (κ1) is 14.5. The molecule has 1 heterocycles. The number of anilines is 1. The Bertz CT molecular complexity index is 635. The lowest BCUT2D eigenvalue weighted by atomic mass is 9.88. The number of nitrogens with zero attached hydrogens (tertiary/aromatic N) is 4. The van der Waals surface area contributed by atoms with Gasteiger partial charge in [0, 0.05) is 12.0 Å². The highest BCUT2D eigenvalue weighted by molar-refractivity contribution is 5.94. The average Bonchev–Trinajstić information content (AvgIpc) is 3.10. The van der Waals surface area contributed by atoms with Crippen molar-refractivity contribution in [3.8, 4) is 11.4 Å². The summed E-state index contributed by atoms with van der Waals surface area (Å²) in [5.41, 5.74) is 1.45. The standard InChI is InChI=1S/C15H19N5O2/c1-22-14-9-12(20-10-16-18-19-20)7-8-13(14)17-15(21)11-5-3-2-4-6-11/h7-11H,2-6H2,1H3,(H,17,21). The lowest BCUT2D eigenvalue weighted by Crippen LogP contribution is -2.24. The molecule has 116 valence electrons. The summed E-state index contributed by atoms with van der Waals surface area (Å²) < 4.78 is 6.91. The summed E-state index contributed by atoms with van der Waals surface area (Å²) >= 11 is 0. The van der Waals surface area contributed by atoms with Gasteiger partial charge in [0.05, 0.1) is 18.5 Å². The number of benzene rings is 1. The zero-order chi connectivity index (χ0) is 15.4. The summed E-state index contributed by atoms with van der Waals surface area (Å²) in [6.45, 7) is 0. The second-order valence-corrected chi connectivity index (χ2v) is 5.46. The Labute approximate surface area is 128 Å². The van der Waals surface area contributed by atoms with E-state index in [4.69, 9.17) is 4.74 Å². The third-order valence-electron chi connectivity index (χ3n) is 4.03. The molecule has 1 amide bonds. The van der Waals surface area contributed by atoms with Crippen LogP contribution in [-0.2, 0) is 4.79 Å². The second-order valence-electron chi connectivity index (χ2n) is 5.46. The van der Waals surface area contributed by atoms with E-state index in [9.17, 15) is 4.79 Å². The third kappa shape index (κ3) is 3.08. The summed E-state index contributed by atoms with van der Waals surface area (Å²) in [5.74, 6) is 0.781. The predicted octanol–water partition coefficient (Wildman–Crippen LogP) is 2.19. The molecule has 0 aliphatic heterocycles. The number of ether oxygens (including phenoxy) is 1. The largest absolute Gasteiger partial charge is 0.494 e. The van der Waals surface area contributed by atoms with Crippen molar-refractivity contribution in [2.75, 3.05) is 12.4 Å². The van der Waals surface area contributed by atoms with Crippen molar-refractivity contribution >= 4 is 11.6 Å². The molecule has 7 heteroatoms. The predicted molar refractivity (Wildman–Crippen MR) is 80.9 cm³/mol. The number of hydrogen-bond acceptors (Lipinski definition) is 5. The molecule has 1 aliphatic rings. The molecule has 1 saturated carbocycles. The van der Waals surface area contributed by atoms with E-state index >= 15 is 0 Å². The quantitative estimate of drug-likeness (QED) is 0.936. The molecule has 1 aliphatic carbocycles. The van der Waals surface area contributed by atoms with Gasteiger partial charge in [0.15, 0.2) is 0 Å². The summed E-state index contributed by atoms with van der Waals surface area (Å²) in [7, 11) is 1.58. The number of carbonyl (C=O) groups is 1. The lowest BCUT2D eigenvalue weighted by molar-refractivity contribution is -0.120. The number of nitrogens with one attached hydrogen (secondary N) is 1. The molecule has 0 spiro atoms. The van der Waals surface area contributed by atoms with Gasteiger partial charge in [-0.2, -0.15) is 0 Å². The Balaban J connectivity index is 1.77. The summed E-state index contributed by atoms with van der Waals surface area (Å²) in [6, 6.07) is 5.46. The van der Waals surface area contributed by atoms with E-state index in [1.165, 1.54) is 17.4 Å². The molecule has 0 bridgehead atoms. The van der Waals surface area contributed by atoms with E-state index in [-0.39, 0.29) is 11.8 Å². The molecule has 1 aromatic heterocycles. The minimum absolute atomic E-state index is 0.0770. The maximum atomic E-state index is 12.3. The van der Waals surface area contributed by atoms with Crippen molar-refractivity contribution < 1.29 is 9.53 Å². The maximum Gasteiger partial charge on any atom is 0.227 e. The van der Waals surface area contributed by atoms with Gasteiger partial charge in [0.1, 0.15) is 12.1 Å². The number of rotatable bonds is 4. The minimum atomic E-state index is 0.0770. The highest BCUT2D eigenvalue weighted by atomic mass is 16.5. The van der Waals surface area contributed by atoms with E-state index in [0.29, 0.717) is 11.4 Å². The number of amides is 1. The van der Waals surface area contributed by atoms with E-state index in [2.05, 4.69) is 20.8 Å². The van der Waals surface area contributed by atoms with E-state index in [0.717, 1.165) is 31.4 Å². The summed E-state index contributed by atoms with van der Waals surface area (Å²) in [6.07, 6.45) is 6.94. The molecule has 0 radical (unpaired) electrons. The Kier molecular flexibility index (Phi) is 4.32. The van der Waals surface area contributed by atoms with Gasteiger partial charge >= 0.3 is 0 Å². The first-order chi connectivity index (χ1) is 10.8. The molecule has 0 saturated heterocycles. The molecular formula is C15H19N5O2. The lowest BCUT2D eigenvalue weighted by Gasteiger charge is -2.21. The number of hydrogen-bond donors (Lipinski definition) is 1. The summed E-state index contributed by atoms with van der Waals surface area (Å²) in [5, 5.41) is 14.0. The van der Waals surface area contributed by atoms with Crippen LogP contribution in [0.5, 0.6) is 5.75 Å². The molecular weight excluding hydrogens is 282 g/mol. The second kappa shape index (κ2) is 6.55. The van der Waals surface area contributed by atoms with Crippen LogP contribution in [0.1, 0.15) is 32.1 Å². The highest BCUT2D eigenvalue weighted by Crippen LogP contribution is 2.29. The molecule has 3 rings (SSSR count). The van der Waals surface area contributed by atoms with Gasteiger partial charge in [-0.3, -0.25) is 4.79 Å². The molecule has 22 heavy (non-hydrogen) atoms. The molecule has 1 N–H and O–H groups in total. The smallest absolute Gasteiger partial charge is 0.227 e. The van der Waals surface area contributed by atoms with Crippen LogP contribution < -0.4 is 10.1 Å². The molecule has 2 aromatic rings. The first-order valence-electron chi connectivity index (χ1n) is 7.50. The van der Waals surface area contributed by atoms with Crippen molar-refractivity contribution in [3.63, 3.8) is 0 Å². The van der Waals surface area contributed by atoms with Gasteiger partial charge in [0.2, 0.25) is 5.91 Å². The Morgan fingerprint density at radius 1 is 1.32 bits per heavy atom. The summed E-state index contributed by atoms with van der Waals surface area (Å²) in [4.78, 5) is 12.3. The van der Waals surface area contributed by atoms with Crippen LogP contribution in [0.4, 0.5) is 5.69 Å². The van der Waals surface area contributed by atoms with Crippen LogP contribution in [-0.4, -0.2) is 33.2 Å². The van der Waals surface area contributed by atoms with Gasteiger partial charge in [-0.25, -0.2) is 4.68 Å². The Morgan fingerprint density at radius 3 is 2.82 bits per heavy atom. The zero-order valence-electron chi connectivity index (χ0n) is 12.5. The van der Waals surface area contributed by atoms with Crippen molar-refractivity contribution in [1.82, 2.24) is 20.2 Å². The van der Waals surface area contributed by atoms with Gasteiger partial charge in [0.25, 0.3) is 0 Å². The van der Waals surface area contributed by atoms with Crippen molar-refractivity contribution in [3.05, 3.63) is 24.5 Å². The van der Waals surface area contributed by atoms with E-state index < -0.39 is 0 Å². The number of tetrazole rings is 1. The SMILES string of the molecule is COc1cc(-n2cnnn2)ccc1NC(=O)C1CCCCC1. The van der Waals surface area contributed by atoms with Crippen LogP contribution in [0.15, 0.2) is 24.5 Å². The molecule has 0 atom stereocenters. The van der Waals surface area contributed by atoms with Crippen molar-refractivity contribution in [2.45, 2.75) is 32.1 Å². The third-order valence-corrected chi connectivity index (χ3v) is 4.03. The van der Waals surface area contributed by atoms with Crippen molar-refractivity contribution in [1.29, 1.82) is 0 Å².